The zero-order chi connectivity index (χ0) is 10.9. The fourth-order valence-corrected chi connectivity index (χ4v) is 1.82. The van der Waals surface area contributed by atoms with Gasteiger partial charge in [0.25, 0.3) is 0 Å². The smallest absolute Gasteiger partial charge is 0.113 e. The number of nitrogens with zero attached hydrogens (tertiary/aromatic N) is 1. The Hall–Kier alpha value is -1.04. The van der Waals surface area contributed by atoms with Gasteiger partial charge in [0, 0.05) is 17.3 Å². The molecule has 15 heavy (non-hydrogen) atoms. The van der Waals surface area contributed by atoms with Crippen LogP contribution in [0.2, 0.25) is 0 Å². The lowest BCUT2D eigenvalue weighted by Crippen LogP contribution is -2.00. The SMILES string of the molecule is OCCCSc1ccc(N=CNO)cc1. The van der Waals surface area contributed by atoms with Crippen molar-refractivity contribution in [3.05, 3.63) is 24.3 Å². The van der Waals surface area contributed by atoms with Crippen LogP contribution in [0, 0.1) is 0 Å². The highest BCUT2D eigenvalue weighted by atomic mass is 32.2. The Kier molecular flexibility index (Phi) is 5.84. The van der Waals surface area contributed by atoms with Crippen LogP contribution in [0.1, 0.15) is 6.42 Å². The minimum atomic E-state index is 0.234. The highest BCUT2D eigenvalue weighted by Gasteiger charge is 1.93. The van der Waals surface area contributed by atoms with E-state index in [2.05, 4.69) is 4.99 Å². The standard InChI is InChI=1S/C10H14N2O2S/c13-6-1-7-15-10-4-2-9(3-5-10)11-8-12-14/h2-5,8,13-14H,1,6-7H2,(H,11,12). The maximum atomic E-state index is 8.62. The number of hydrogen-bond donors (Lipinski definition) is 3. The third-order valence-electron chi connectivity index (χ3n) is 1.68. The minimum Gasteiger partial charge on any atom is -0.396 e. The molecule has 4 nitrogen and oxygen atoms in total. The summed E-state index contributed by atoms with van der Waals surface area (Å²) in [6, 6.07) is 7.67. The van der Waals surface area contributed by atoms with Gasteiger partial charge in [0.15, 0.2) is 0 Å². The van der Waals surface area contributed by atoms with Crippen LogP contribution in [0.3, 0.4) is 0 Å². The van der Waals surface area contributed by atoms with Gasteiger partial charge in [-0.1, -0.05) is 0 Å². The van der Waals surface area contributed by atoms with Gasteiger partial charge in [0.2, 0.25) is 0 Å². The first-order valence-electron chi connectivity index (χ1n) is 4.62. The van der Waals surface area contributed by atoms with E-state index in [9.17, 15) is 0 Å². The quantitative estimate of drug-likeness (QED) is 0.227. The molecule has 0 fully saturated rings. The highest BCUT2D eigenvalue weighted by molar-refractivity contribution is 7.99. The molecule has 0 aromatic heterocycles. The van der Waals surface area contributed by atoms with E-state index in [0.717, 1.165) is 22.8 Å². The van der Waals surface area contributed by atoms with E-state index >= 15 is 0 Å². The van der Waals surface area contributed by atoms with Crippen LogP contribution in [0.15, 0.2) is 34.2 Å². The fraction of sp³-hybridized carbons (Fsp3) is 0.300. The van der Waals surface area contributed by atoms with Crippen LogP contribution < -0.4 is 5.48 Å². The fourth-order valence-electron chi connectivity index (χ4n) is 0.986. The molecule has 0 saturated carbocycles. The molecule has 0 bridgehead atoms. The van der Waals surface area contributed by atoms with E-state index in [1.165, 1.54) is 6.34 Å². The van der Waals surface area contributed by atoms with Crippen molar-refractivity contribution in [2.24, 2.45) is 4.99 Å². The Morgan fingerprint density at radius 2 is 2.07 bits per heavy atom. The molecule has 0 aliphatic rings. The highest BCUT2D eigenvalue weighted by Crippen LogP contribution is 2.21. The van der Waals surface area contributed by atoms with E-state index in [1.807, 2.05) is 29.7 Å². The molecule has 3 N–H and O–H groups in total. The Bertz CT molecular complexity index is 301. The Labute approximate surface area is 93.0 Å². The van der Waals surface area contributed by atoms with E-state index in [1.54, 1.807) is 11.8 Å². The van der Waals surface area contributed by atoms with Crippen LogP contribution in [0.5, 0.6) is 0 Å². The molecule has 0 saturated heterocycles. The van der Waals surface area contributed by atoms with Crippen LogP contribution in [0.4, 0.5) is 5.69 Å². The molecule has 82 valence electrons. The molecular weight excluding hydrogens is 212 g/mol. The van der Waals surface area contributed by atoms with Crippen LogP contribution in [0.25, 0.3) is 0 Å². The number of aliphatic imine (C=N–C) groups is 1. The van der Waals surface area contributed by atoms with Gasteiger partial charge in [-0.05, 0) is 30.7 Å². The number of aliphatic hydroxyl groups excluding tert-OH is 1. The number of thioether (sulfide) groups is 1. The van der Waals surface area contributed by atoms with E-state index in [4.69, 9.17) is 10.3 Å². The summed E-state index contributed by atoms with van der Waals surface area (Å²) >= 11 is 1.70. The maximum Gasteiger partial charge on any atom is 0.113 e. The van der Waals surface area contributed by atoms with Gasteiger partial charge in [0.05, 0.1) is 5.69 Å². The second-order valence-corrected chi connectivity index (χ2v) is 3.98. The van der Waals surface area contributed by atoms with Crippen LogP contribution in [-0.4, -0.2) is 29.0 Å². The van der Waals surface area contributed by atoms with Gasteiger partial charge < -0.3 is 5.11 Å². The van der Waals surface area contributed by atoms with Crippen molar-refractivity contribution >= 4 is 23.8 Å². The van der Waals surface area contributed by atoms with E-state index in [-0.39, 0.29) is 6.61 Å². The Morgan fingerprint density at radius 3 is 2.67 bits per heavy atom. The predicted octanol–water partition coefficient (Wildman–Crippen LogP) is 1.80. The molecule has 0 unspecified atom stereocenters. The zero-order valence-corrected chi connectivity index (χ0v) is 9.07. The number of rotatable bonds is 6. The maximum absolute atomic E-state index is 8.62. The number of aliphatic hydroxyl groups is 1. The number of benzene rings is 1. The summed E-state index contributed by atoms with van der Waals surface area (Å²) < 4.78 is 0. The minimum absolute atomic E-state index is 0.234. The molecule has 0 aliphatic carbocycles. The molecular formula is C10H14N2O2S. The summed E-state index contributed by atoms with van der Waals surface area (Å²) in [6.45, 7) is 0.234. The molecule has 1 rings (SSSR count). The van der Waals surface area contributed by atoms with Crippen LogP contribution >= 0.6 is 11.8 Å². The average molecular weight is 226 g/mol. The number of hydroxylamine groups is 1. The second kappa shape index (κ2) is 7.28. The van der Waals surface area contributed by atoms with Crippen molar-refractivity contribution in [3.8, 4) is 0 Å². The summed E-state index contributed by atoms with van der Waals surface area (Å²) in [4.78, 5) is 5.08. The molecule has 0 atom stereocenters. The average Bonchev–Trinajstić information content (AvgIpc) is 2.28. The Balaban J connectivity index is 2.45. The van der Waals surface area contributed by atoms with Crippen molar-refractivity contribution in [3.63, 3.8) is 0 Å². The van der Waals surface area contributed by atoms with Crippen molar-refractivity contribution in [1.82, 2.24) is 5.48 Å². The third-order valence-corrected chi connectivity index (χ3v) is 2.78. The van der Waals surface area contributed by atoms with Gasteiger partial charge in [-0.15, -0.1) is 11.8 Å². The summed E-state index contributed by atoms with van der Waals surface area (Å²) in [5.41, 5.74) is 2.63. The molecule has 5 heteroatoms. The van der Waals surface area contributed by atoms with Gasteiger partial charge in [-0.2, -0.15) is 0 Å². The monoisotopic (exact) mass is 226 g/mol. The van der Waals surface area contributed by atoms with E-state index < -0.39 is 0 Å². The van der Waals surface area contributed by atoms with Crippen molar-refractivity contribution < 1.29 is 10.3 Å². The Morgan fingerprint density at radius 1 is 1.33 bits per heavy atom. The molecule has 0 heterocycles. The van der Waals surface area contributed by atoms with Gasteiger partial charge in [-0.25, -0.2) is 4.99 Å². The molecule has 0 amide bonds. The first-order chi connectivity index (χ1) is 7.36. The first kappa shape index (κ1) is 12.0. The van der Waals surface area contributed by atoms with Gasteiger partial charge >= 0.3 is 0 Å². The summed E-state index contributed by atoms with van der Waals surface area (Å²) in [6.07, 6.45) is 2.02. The topological polar surface area (TPSA) is 64.9 Å². The lowest BCUT2D eigenvalue weighted by Gasteiger charge is -2.00. The van der Waals surface area contributed by atoms with Crippen molar-refractivity contribution in [1.29, 1.82) is 0 Å². The lowest BCUT2D eigenvalue weighted by molar-refractivity contribution is 0.240. The largest absolute Gasteiger partial charge is 0.396 e. The number of nitrogens with one attached hydrogen (secondary N) is 1. The van der Waals surface area contributed by atoms with Crippen LogP contribution in [-0.2, 0) is 0 Å². The zero-order valence-electron chi connectivity index (χ0n) is 8.26. The predicted molar refractivity (Wildman–Crippen MR) is 61.9 cm³/mol. The summed E-state index contributed by atoms with van der Waals surface area (Å²) in [5.74, 6) is 0.914. The van der Waals surface area contributed by atoms with Crippen molar-refractivity contribution in [2.45, 2.75) is 11.3 Å². The summed E-state index contributed by atoms with van der Waals surface area (Å²) in [5, 5.41) is 16.9. The van der Waals surface area contributed by atoms with Gasteiger partial charge in [0.1, 0.15) is 6.34 Å². The molecule has 1 aromatic rings. The third kappa shape index (κ3) is 4.83. The second-order valence-electron chi connectivity index (χ2n) is 2.81. The lowest BCUT2D eigenvalue weighted by atomic mass is 10.3. The molecule has 1 aromatic carbocycles. The molecule has 0 aliphatic heterocycles. The molecule has 0 radical (unpaired) electrons. The van der Waals surface area contributed by atoms with E-state index in [0.29, 0.717) is 0 Å². The van der Waals surface area contributed by atoms with Crippen molar-refractivity contribution in [2.75, 3.05) is 12.4 Å². The first-order valence-corrected chi connectivity index (χ1v) is 5.61. The normalized spacial score (nSPS) is 10.8. The van der Waals surface area contributed by atoms with Gasteiger partial charge in [-0.3, -0.25) is 10.7 Å². The summed E-state index contributed by atoms with van der Waals surface area (Å²) in [7, 11) is 0. The molecule has 0 spiro atoms. The number of hydrogen-bond acceptors (Lipinski definition) is 4.